The Balaban J connectivity index is 2.08. The second-order valence-corrected chi connectivity index (χ2v) is 6.90. The molecule has 2 heterocycles. The molecule has 0 aliphatic heterocycles. The number of carboxylic acids is 1. The van der Waals surface area contributed by atoms with Crippen molar-refractivity contribution in [1.29, 1.82) is 0 Å². The molecule has 3 N–H and O–H groups in total. The Morgan fingerprint density at radius 3 is 2.50 bits per heavy atom. The van der Waals surface area contributed by atoms with Crippen LogP contribution in [-0.4, -0.2) is 36.2 Å². The third-order valence-electron chi connectivity index (χ3n) is 3.83. The lowest BCUT2D eigenvalue weighted by Gasteiger charge is -2.15. The Hall–Kier alpha value is -4.00. The highest BCUT2D eigenvalue weighted by atomic mass is 16.4. The molecule has 28 heavy (non-hydrogen) atoms. The number of nitrogens with zero attached hydrogens (tertiary/aromatic N) is 6. The molecule has 3 rings (SSSR count). The van der Waals surface area contributed by atoms with Gasteiger partial charge < -0.3 is 10.2 Å². The maximum atomic E-state index is 11.5. The number of aromatic carboxylic acids is 1. The van der Waals surface area contributed by atoms with E-state index in [0.717, 1.165) is 4.68 Å². The summed E-state index contributed by atoms with van der Waals surface area (Å²) in [6.45, 7) is 13.1. The van der Waals surface area contributed by atoms with Gasteiger partial charge in [-0.2, -0.15) is 14.9 Å². The topological polar surface area (TPSA) is 133 Å². The molecule has 0 radical (unpaired) electrons. The average molecular weight is 379 g/mol. The smallest absolute Gasteiger partial charge is 0.358 e. The summed E-state index contributed by atoms with van der Waals surface area (Å²) in [7, 11) is 0. The van der Waals surface area contributed by atoms with Gasteiger partial charge in [0.2, 0.25) is 11.6 Å². The number of carboxylic acid groups (broad SMARTS) is 1. The quantitative estimate of drug-likeness (QED) is 0.460. The summed E-state index contributed by atoms with van der Waals surface area (Å²) in [5, 5.41) is 38.2. The van der Waals surface area contributed by atoms with Crippen LogP contribution in [0.3, 0.4) is 0 Å². The van der Waals surface area contributed by atoms with E-state index < -0.39 is 23.0 Å². The van der Waals surface area contributed by atoms with Crippen LogP contribution in [-0.2, 0) is 5.41 Å². The molecule has 0 fully saturated rings. The van der Waals surface area contributed by atoms with Gasteiger partial charge in [0, 0.05) is 0 Å². The predicted molar refractivity (Wildman–Crippen MR) is 99.9 cm³/mol. The first-order chi connectivity index (χ1) is 13.2. The van der Waals surface area contributed by atoms with E-state index in [2.05, 4.69) is 30.4 Å². The molecule has 2 aromatic heterocycles. The molecule has 142 valence electrons. The van der Waals surface area contributed by atoms with E-state index in [4.69, 9.17) is 6.57 Å². The average Bonchev–Trinajstić information content (AvgIpc) is 3.21. The molecule has 0 aliphatic rings. The summed E-state index contributed by atoms with van der Waals surface area (Å²) >= 11 is 0. The number of aromatic amines is 1. The van der Waals surface area contributed by atoms with E-state index in [0.29, 0.717) is 11.4 Å². The molecule has 0 saturated heterocycles. The minimum Gasteiger partial charge on any atom is -0.492 e. The van der Waals surface area contributed by atoms with Crippen molar-refractivity contribution in [2.75, 3.05) is 0 Å². The standard InChI is InChI=1S/C18H17N7O3/c1-18(2,3)14-13(19-4)15(23-21-14)22-20-11-12(17(27)28)24-25(16(11)26)10-8-6-5-7-9-10/h5-9,26H,1-3H3,(H,21,23)(H,27,28)/b22-20+. The van der Waals surface area contributed by atoms with Crippen molar-refractivity contribution in [3.05, 3.63) is 53.1 Å². The molecule has 10 heteroatoms. The lowest BCUT2D eigenvalue weighted by molar-refractivity contribution is 0.0691. The largest absolute Gasteiger partial charge is 0.492 e. The molecule has 10 nitrogen and oxygen atoms in total. The number of azo groups is 1. The highest BCUT2D eigenvalue weighted by Gasteiger charge is 2.26. The second-order valence-electron chi connectivity index (χ2n) is 6.90. The fourth-order valence-electron chi connectivity index (χ4n) is 2.51. The van der Waals surface area contributed by atoms with E-state index >= 15 is 0 Å². The zero-order chi connectivity index (χ0) is 20.5. The summed E-state index contributed by atoms with van der Waals surface area (Å²) in [4.78, 5) is 15.0. The molecule has 3 aromatic rings. The first-order valence-electron chi connectivity index (χ1n) is 8.22. The molecular weight excluding hydrogens is 362 g/mol. The minimum absolute atomic E-state index is 0.0723. The maximum Gasteiger partial charge on any atom is 0.358 e. The first kappa shape index (κ1) is 18.8. The van der Waals surface area contributed by atoms with Crippen molar-refractivity contribution in [1.82, 2.24) is 20.0 Å². The number of rotatable bonds is 4. The van der Waals surface area contributed by atoms with Crippen molar-refractivity contribution in [3.8, 4) is 11.6 Å². The van der Waals surface area contributed by atoms with Gasteiger partial charge in [0.1, 0.15) is 0 Å². The SMILES string of the molecule is [C-]#[N+]c1c(C(C)(C)C)n[nH]c1/N=N/c1c(C(=O)O)nn(-c2ccccc2)c1O. The predicted octanol–water partition coefficient (Wildman–Crippen LogP) is 4.26. The van der Waals surface area contributed by atoms with E-state index in [1.807, 2.05) is 20.8 Å². The summed E-state index contributed by atoms with van der Waals surface area (Å²) in [6.07, 6.45) is 0. The van der Waals surface area contributed by atoms with Gasteiger partial charge in [-0.3, -0.25) is 5.10 Å². The van der Waals surface area contributed by atoms with Gasteiger partial charge in [-0.1, -0.05) is 39.0 Å². The summed E-state index contributed by atoms with van der Waals surface area (Å²) in [5.41, 5.74) is -0.0229. The number of para-hydroxylation sites is 1. The number of H-pyrrole nitrogens is 1. The number of nitrogens with one attached hydrogen (secondary N) is 1. The van der Waals surface area contributed by atoms with Gasteiger partial charge in [-0.15, -0.1) is 10.2 Å². The van der Waals surface area contributed by atoms with Crippen LogP contribution < -0.4 is 0 Å². The van der Waals surface area contributed by atoms with Gasteiger partial charge in [0.15, 0.2) is 11.5 Å². The molecule has 1 aromatic carbocycles. The maximum absolute atomic E-state index is 11.5. The Morgan fingerprint density at radius 1 is 1.25 bits per heavy atom. The van der Waals surface area contributed by atoms with Crippen molar-refractivity contribution in [2.24, 2.45) is 10.2 Å². The fourth-order valence-corrected chi connectivity index (χ4v) is 2.51. The van der Waals surface area contributed by atoms with Gasteiger partial charge in [0.25, 0.3) is 5.69 Å². The second kappa shape index (κ2) is 6.96. The van der Waals surface area contributed by atoms with Crippen molar-refractivity contribution >= 4 is 23.2 Å². The molecule has 0 spiro atoms. The highest BCUT2D eigenvalue weighted by molar-refractivity contribution is 5.92. The van der Waals surface area contributed by atoms with Gasteiger partial charge in [0.05, 0.1) is 18.0 Å². The van der Waals surface area contributed by atoms with Crippen molar-refractivity contribution < 1.29 is 15.0 Å². The van der Waals surface area contributed by atoms with Crippen LogP contribution in [0.2, 0.25) is 0 Å². The number of aromatic nitrogens is 4. The summed E-state index contributed by atoms with van der Waals surface area (Å²) < 4.78 is 1.06. The van der Waals surface area contributed by atoms with Crippen LogP contribution in [0, 0.1) is 6.57 Å². The summed E-state index contributed by atoms with van der Waals surface area (Å²) in [6, 6.07) is 8.53. The molecule has 0 saturated carbocycles. The third kappa shape index (κ3) is 3.33. The number of aromatic hydroxyl groups is 1. The molecule has 0 aliphatic carbocycles. The van der Waals surface area contributed by atoms with Crippen LogP contribution in [0.5, 0.6) is 5.88 Å². The van der Waals surface area contributed by atoms with E-state index in [9.17, 15) is 15.0 Å². The lowest BCUT2D eigenvalue weighted by Crippen LogP contribution is -2.11. The molecule has 0 unspecified atom stereocenters. The Morgan fingerprint density at radius 2 is 1.93 bits per heavy atom. The molecule has 0 bridgehead atoms. The van der Waals surface area contributed by atoms with Gasteiger partial charge in [-0.25, -0.2) is 9.64 Å². The monoisotopic (exact) mass is 379 g/mol. The van der Waals surface area contributed by atoms with Crippen LogP contribution in [0.25, 0.3) is 10.5 Å². The lowest BCUT2D eigenvalue weighted by atomic mass is 9.91. The Labute approximate surface area is 160 Å². The molecule has 0 amide bonds. The zero-order valence-electron chi connectivity index (χ0n) is 15.4. The number of hydrogen-bond acceptors (Lipinski definition) is 6. The van der Waals surface area contributed by atoms with E-state index in [1.54, 1.807) is 30.3 Å². The first-order valence-corrected chi connectivity index (χ1v) is 8.22. The Kier molecular flexibility index (Phi) is 4.67. The third-order valence-corrected chi connectivity index (χ3v) is 3.83. The van der Waals surface area contributed by atoms with Crippen LogP contribution in [0.1, 0.15) is 37.0 Å². The van der Waals surface area contributed by atoms with Gasteiger partial charge in [-0.05, 0) is 17.5 Å². The zero-order valence-corrected chi connectivity index (χ0v) is 15.4. The fraction of sp³-hybridized carbons (Fsp3) is 0.222. The number of hydrogen-bond donors (Lipinski definition) is 3. The van der Waals surface area contributed by atoms with E-state index in [-0.39, 0.29) is 17.2 Å². The highest BCUT2D eigenvalue weighted by Crippen LogP contribution is 2.39. The number of benzene rings is 1. The molecular formula is C18H17N7O3. The minimum atomic E-state index is -1.37. The number of carbonyl (C=O) groups is 1. The van der Waals surface area contributed by atoms with Crippen molar-refractivity contribution in [2.45, 2.75) is 26.2 Å². The van der Waals surface area contributed by atoms with Crippen LogP contribution in [0.4, 0.5) is 17.2 Å². The summed E-state index contributed by atoms with van der Waals surface area (Å²) in [5.74, 6) is -1.78. The normalized spacial score (nSPS) is 11.6. The van der Waals surface area contributed by atoms with E-state index in [1.165, 1.54) is 0 Å². The molecule has 0 atom stereocenters. The van der Waals surface area contributed by atoms with Crippen LogP contribution >= 0.6 is 0 Å². The van der Waals surface area contributed by atoms with Crippen molar-refractivity contribution in [3.63, 3.8) is 0 Å². The van der Waals surface area contributed by atoms with Gasteiger partial charge >= 0.3 is 5.97 Å². The Bertz CT molecular complexity index is 1100. The van der Waals surface area contributed by atoms with Crippen LogP contribution in [0.15, 0.2) is 40.6 Å².